The molecule has 1 N–H and O–H groups in total. The molecular formula is C14H21BrN2O3S. The highest BCUT2D eigenvalue weighted by molar-refractivity contribution is 9.10. The van der Waals surface area contributed by atoms with Gasteiger partial charge in [-0.15, -0.1) is 0 Å². The number of hydrogen-bond acceptors (Lipinski definition) is 5. The topological polar surface area (TPSA) is 60.5 Å². The standard InChI is InChI=1S/C14H21BrN2O3S/c1-14(2,3)11(9-4-6-19-7-5-9)17-12(18)20-13-16-10(15)8-21-13/h8-9,11H,4-7H2,1-3H3,(H,17,18). The number of aromatic nitrogens is 1. The van der Waals surface area contributed by atoms with E-state index in [1.807, 2.05) is 0 Å². The molecule has 0 aliphatic carbocycles. The monoisotopic (exact) mass is 376 g/mol. The van der Waals surface area contributed by atoms with E-state index in [-0.39, 0.29) is 11.5 Å². The highest BCUT2D eigenvalue weighted by Gasteiger charge is 2.35. The molecule has 2 rings (SSSR count). The van der Waals surface area contributed by atoms with Crippen molar-refractivity contribution in [3.05, 3.63) is 9.98 Å². The Hall–Kier alpha value is -0.660. The lowest BCUT2D eigenvalue weighted by Gasteiger charge is -2.39. The first-order chi connectivity index (χ1) is 9.86. The van der Waals surface area contributed by atoms with Gasteiger partial charge < -0.3 is 14.8 Å². The van der Waals surface area contributed by atoms with Crippen molar-refractivity contribution in [2.45, 2.75) is 39.7 Å². The molecule has 0 aromatic carbocycles. The Balaban J connectivity index is 1.99. The van der Waals surface area contributed by atoms with Crippen LogP contribution in [0.2, 0.25) is 0 Å². The first kappa shape index (κ1) is 16.7. The number of thiazole rings is 1. The maximum absolute atomic E-state index is 12.1. The van der Waals surface area contributed by atoms with Crippen molar-refractivity contribution in [3.63, 3.8) is 0 Å². The smallest absolute Gasteiger partial charge is 0.381 e. The second kappa shape index (κ2) is 7.07. The third-order valence-corrected chi connectivity index (χ3v) is 5.01. The number of amides is 1. The maximum atomic E-state index is 12.1. The number of carbonyl (C=O) groups is 1. The number of rotatable bonds is 3. The molecule has 1 aromatic rings. The molecule has 21 heavy (non-hydrogen) atoms. The van der Waals surface area contributed by atoms with Gasteiger partial charge in [0, 0.05) is 24.6 Å². The molecule has 1 aliphatic heterocycles. The maximum Gasteiger partial charge on any atom is 0.414 e. The number of carbonyl (C=O) groups excluding carboxylic acids is 1. The lowest BCUT2D eigenvalue weighted by molar-refractivity contribution is 0.0354. The van der Waals surface area contributed by atoms with Crippen molar-refractivity contribution >= 4 is 33.4 Å². The average molecular weight is 377 g/mol. The fourth-order valence-electron chi connectivity index (χ4n) is 2.61. The Morgan fingerprint density at radius 1 is 1.52 bits per heavy atom. The van der Waals surface area contributed by atoms with Crippen LogP contribution in [0.1, 0.15) is 33.6 Å². The summed E-state index contributed by atoms with van der Waals surface area (Å²) < 4.78 is 11.3. The summed E-state index contributed by atoms with van der Waals surface area (Å²) in [6, 6.07) is 0.0531. The van der Waals surface area contributed by atoms with Crippen LogP contribution in [-0.4, -0.2) is 30.3 Å². The van der Waals surface area contributed by atoms with Gasteiger partial charge in [0.05, 0.1) is 0 Å². The van der Waals surface area contributed by atoms with E-state index in [1.165, 1.54) is 11.3 Å². The van der Waals surface area contributed by atoms with Crippen LogP contribution >= 0.6 is 27.3 Å². The largest absolute Gasteiger partial charge is 0.414 e. The van der Waals surface area contributed by atoms with Crippen molar-refractivity contribution in [2.24, 2.45) is 11.3 Å². The minimum Gasteiger partial charge on any atom is -0.381 e. The molecule has 5 nitrogen and oxygen atoms in total. The van der Waals surface area contributed by atoms with E-state index in [0.717, 1.165) is 26.1 Å². The molecule has 1 unspecified atom stereocenters. The summed E-state index contributed by atoms with van der Waals surface area (Å²) in [5, 5.41) is 5.15. The molecule has 1 saturated heterocycles. The molecule has 2 heterocycles. The summed E-state index contributed by atoms with van der Waals surface area (Å²) in [6.45, 7) is 7.91. The molecule has 0 spiro atoms. The third kappa shape index (κ3) is 4.93. The van der Waals surface area contributed by atoms with Gasteiger partial charge in [0.2, 0.25) is 0 Å². The SMILES string of the molecule is CC(C)(C)C(NC(=O)Oc1nc(Br)cs1)C1CCOCC1. The van der Waals surface area contributed by atoms with Gasteiger partial charge in [-0.25, -0.2) is 4.79 Å². The lowest BCUT2D eigenvalue weighted by atomic mass is 9.76. The van der Waals surface area contributed by atoms with Crippen LogP contribution in [0, 0.1) is 11.3 Å². The van der Waals surface area contributed by atoms with Crippen LogP contribution in [0.4, 0.5) is 4.79 Å². The Morgan fingerprint density at radius 2 is 2.19 bits per heavy atom. The second-order valence-corrected chi connectivity index (χ2v) is 7.90. The zero-order valence-electron chi connectivity index (χ0n) is 12.5. The summed E-state index contributed by atoms with van der Waals surface area (Å²) in [4.78, 5) is 16.2. The number of nitrogens with one attached hydrogen (secondary N) is 1. The predicted octanol–water partition coefficient (Wildman–Crippen LogP) is 3.84. The van der Waals surface area contributed by atoms with Crippen molar-refractivity contribution in [2.75, 3.05) is 13.2 Å². The van der Waals surface area contributed by atoms with Gasteiger partial charge in [-0.05, 0) is 40.1 Å². The van der Waals surface area contributed by atoms with Gasteiger partial charge in [0.1, 0.15) is 4.60 Å². The third-order valence-electron chi connectivity index (χ3n) is 3.58. The van der Waals surface area contributed by atoms with E-state index in [4.69, 9.17) is 9.47 Å². The van der Waals surface area contributed by atoms with Crippen LogP contribution in [0.25, 0.3) is 0 Å². The first-order valence-electron chi connectivity index (χ1n) is 7.03. The van der Waals surface area contributed by atoms with Crippen molar-refractivity contribution in [3.8, 4) is 5.19 Å². The van der Waals surface area contributed by atoms with Crippen LogP contribution in [0.5, 0.6) is 5.19 Å². The van der Waals surface area contributed by atoms with Crippen LogP contribution in [0.3, 0.4) is 0 Å². The van der Waals surface area contributed by atoms with Gasteiger partial charge in [-0.3, -0.25) is 0 Å². The molecule has 118 valence electrons. The van der Waals surface area contributed by atoms with Crippen LogP contribution < -0.4 is 10.1 Å². The molecule has 0 radical (unpaired) electrons. The molecule has 0 saturated carbocycles. The van der Waals surface area contributed by atoms with E-state index in [1.54, 1.807) is 5.38 Å². The zero-order chi connectivity index (χ0) is 15.5. The van der Waals surface area contributed by atoms with Crippen LogP contribution in [0.15, 0.2) is 9.98 Å². The summed E-state index contributed by atoms with van der Waals surface area (Å²) in [6.07, 6.45) is 1.49. The molecular weight excluding hydrogens is 356 g/mol. The number of ether oxygens (including phenoxy) is 2. The number of nitrogens with zero attached hydrogens (tertiary/aromatic N) is 1. The fourth-order valence-corrected chi connectivity index (χ4v) is 3.70. The second-order valence-electron chi connectivity index (χ2n) is 6.26. The lowest BCUT2D eigenvalue weighted by Crippen LogP contribution is -2.50. The fraction of sp³-hybridized carbons (Fsp3) is 0.714. The van der Waals surface area contributed by atoms with Gasteiger partial charge >= 0.3 is 6.09 Å². The molecule has 1 aliphatic rings. The Kier molecular flexibility index (Phi) is 5.62. The normalized spacial score (nSPS) is 18.3. The van der Waals surface area contributed by atoms with E-state index < -0.39 is 6.09 Å². The Morgan fingerprint density at radius 3 is 2.71 bits per heavy atom. The van der Waals surface area contributed by atoms with Gasteiger partial charge in [-0.2, -0.15) is 4.98 Å². The molecule has 0 bridgehead atoms. The molecule has 1 amide bonds. The summed E-state index contributed by atoms with van der Waals surface area (Å²) >= 11 is 4.53. The summed E-state index contributed by atoms with van der Waals surface area (Å²) in [5.41, 5.74) is -0.0372. The van der Waals surface area contributed by atoms with Crippen LogP contribution in [-0.2, 0) is 4.74 Å². The number of halogens is 1. The van der Waals surface area contributed by atoms with Gasteiger partial charge in [0.25, 0.3) is 5.19 Å². The molecule has 1 fully saturated rings. The van der Waals surface area contributed by atoms with Crippen molar-refractivity contribution in [1.29, 1.82) is 0 Å². The quantitative estimate of drug-likeness (QED) is 0.870. The minimum atomic E-state index is -0.441. The highest BCUT2D eigenvalue weighted by Crippen LogP contribution is 2.31. The minimum absolute atomic E-state index is 0.0372. The summed E-state index contributed by atoms with van der Waals surface area (Å²) in [5.74, 6) is 0.411. The van der Waals surface area contributed by atoms with E-state index >= 15 is 0 Å². The zero-order valence-corrected chi connectivity index (χ0v) is 14.9. The van der Waals surface area contributed by atoms with Gasteiger partial charge in [-0.1, -0.05) is 32.1 Å². The van der Waals surface area contributed by atoms with Gasteiger partial charge in [0.15, 0.2) is 0 Å². The number of hydrogen-bond donors (Lipinski definition) is 1. The van der Waals surface area contributed by atoms with E-state index in [9.17, 15) is 4.79 Å². The summed E-state index contributed by atoms with van der Waals surface area (Å²) in [7, 11) is 0. The molecule has 7 heteroatoms. The molecule has 1 atom stereocenters. The molecule has 1 aromatic heterocycles. The Labute approximate surface area is 137 Å². The van der Waals surface area contributed by atoms with E-state index in [0.29, 0.717) is 15.7 Å². The Bertz CT molecular complexity index is 481. The first-order valence-corrected chi connectivity index (χ1v) is 8.70. The van der Waals surface area contributed by atoms with Crippen molar-refractivity contribution < 1.29 is 14.3 Å². The predicted molar refractivity (Wildman–Crippen MR) is 85.8 cm³/mol. The average Bonchev–Trinajstić information content (AvgIpc) is 2.81. The highest BCUT2D eigenvalue weighted by atomic mass is 79.9. The van der Waals surface area contributed by atoms with E-state index in [2.05, 4.69) is 47.0 Å². The van der Waals surface area contributed by atoms with Crippen molar-refractivity contribution in [1.82, 2.24) is 10.3 Å².